The molecule has 7 nitrogen and oxygen atoms in total. The number of nitrogens with one attached hydrogen (secondary N) is 2. The zero-order valence-electron chi connectivity index (χ0n) is 14.6. The normalized spacial score (nSPS) is 11.1. The number of hydrogen-bond acceptors (Lipinski definition) is 4. The highest BCUT2D eigenvalue weighted by molar-refractivity contribution is 5.86. The highest BCUT2D eigenvalue weighted by Gasteiger charge is 2.18. The van der Waals surface area contributed by atoms with Crippen molar-refractivity contribution in [1.82, 2.24) is 19.3 Å². The Morgan fingerprint density at radius 3 is 2.56 bits per heavy atom. The van der Waals surface area contributed by atoms with E-state index in [2.05, 4.69) is 27.6 Å². The Morgan fingerprint density at radius 2 is 1.88 bits per heavy atom. The molecule has 132 valence electrons. The van der Waals surface area contributed by atoms with Crippen LogP contribution in [0.5, 0.6) is 0 Å². The molecule has 25 heavy (non-hydrogen) atoms. The molecular weight excluding hydrogens is 318 g/mol. The molecule has 0 amide bonds. The van der Waals surface area contributed by atoms with E-state index in [1.165, 1.54) is 10.1 Å². The summed E-state index contributed by atoms with van der Waals surface area (Å²) in [5.41, 5.74) is 1.06. The minimum absolute atomic E-state index is 0.290. The summed E-state index contributed by atoms with van der Waals surface area (Å²) in [4.78, 5) is 25.5. The molecule has 0 aliphatic carbocycles. The van der Waals surface area contributed by atoms with Gasteiger partial charge >= 0.3 is 5.69 Å². The number of nitrogens with zero attached hydrogens (tertiary/aromatic N) is 3. The van der Waals surface area contributed by atoms with Crippen LogP contribution < -0.4 is 16.6 Å². The van der Waals surface area contributed by atoms with Gasteiger partial charge < -0.3 is 5.32 Å². The highest BCUT2D eigenvalue weighted by atomic mass is 16.2. The summed E-state index contributed by atoms with van der Waals surface area (Å²) in [6, 6.07) is 10.2. The maximum atomic E-state index is 12.8. The molecule has 0 saturated heterocycles. The van der Waals surface area contributed by atoms with Crippen LogP contribution in [0.25, 0.3) is 11.0 Å². The maximum Gasteiger partial charge on any atom is 0.332 e. The van der Waals surface area contributed by atoms with Crippen LogP contribution in [0, 0.1) is 0 Å². The fraction of sp³-hybridized carbons (Fsp3) is 0.389. The number of aromatic amines is 1. The second-order valence-corrected chi connectivity index (χ2v) is 6.03. The molecule has 3 aromatic rings. The van der Waals surface area contributed by atoms with Crippen molar-refractivity contribution in [3.05, 3.63) is 56.7 Å². The fourth-order valence-electron chi connectivity index (χ4n) is 3.08. The van der Waals surface area contributed by atoms with E-state index >= 15 is 0 Å². The van der Waals surface area contributed by atoms with Crippen LogP contribution >= 0.6 is 0 Å². The molecule has 0 aliphatic heterocycles. The van der Waals surface area contributed by atoms with Crippen LogP contribution in [0.4, 0.5) is 5.82 Å². The van der Waals surface area contributed by atoms with Gasteiger partial charge in [-0.25, -0.2) is 4.79 Å². The highest BCUT2D eigenvalue weighted by Crippen LogP contribution is 2.15. The molecule has 0 radical (unpaired) electrons. The topological polar surface area (TPSA) is 84.7 Å². The van der Waals surface area contributed by atoms with Crippen LogP contribution in [0.15, 0.2) is 39.9 Å². The second kappa shape index (κ2) is 7.38. The second-order valence-electron chi connectivity index (χ2n) is 6.03. The summed E-state index contributed by atoms with van der Waals surface area (Å²) < 4.78 is 2.91. The van der Waals surface area contributed by atoms with Crippen LogP contribution in [-0.4, -0.2) is 26.4 Å². The number of anilines is 1. The Labute approximate surface area is 145 Å². The summed E-state index contributed by atoms with van der Waals surface area (Å²) >= 11 is 0. The van der Waals surface area contributed by atoms with Gasteiger partial charge in [-0.2, -0.15) is 5.10 Å². The van der Waals surface area contributed by atoms with Gasteiger partial charge in [0, 0.05) is 20.1 Å². The molecule has 0 atom stereocenters. The number of fused-ring (bicyclic) bond motifs is 1. The molecule has 0 unspecified atom stereocenters. The number of hydrogen-bond donors (Lipinski definition) is 2. The van der Waals surface area contributed by atoms with E-state index in [1.54, 1.807) is 11.6 Å². The van der Waals surface area contributed by atoms with E-state index in [-0.39, 0.29) is 11.2 Å². The number of aromatic nitrogens is 4. The van der Waals surface area contributed by atoms with E-state index < -0.39 is 0 Å². The predicted octanol–water partition coefficient (Wildman–Crippen LogP) is 1.97. The van der Waals surface area contributed by atoms with Gasteiger partial charge in [-0.1, -0.05) is 37.3 Å². The summed E-state index contributed by atoms with van der Waals surface area (Å²) in [6.45, 7) is 2.87. The third-order valence-corrected chi connectivity index (χ3v) is 4.31. The molecule has 0 aliphatic rings. The number of rotatable bonds is 7. The van der Waals surface area contributed by atoms with E-state index in [9.17, 15) is 9.59 Å². The Bertz CT molecular complexity index is 969. The number of benzene rings is 1. The first-order valence-corrected chi connectivity index (χ1v) is 8.60. The molecule has 2 heterocycles. The SMILES string of the molecule is CCCn1c(=O)c2c(NC)[nH]nc2n(CCCc2ccccc2)c1=O. The third kappa shape index (κ3) is 3.22. The monoisotopic (exact) mass is 341 g/mol. The van der Waals surface area contributed by atoms with E-state index in [0.29, 0.717) is 29.9 Å². The molecule has 3 rings (SSSR count). The lowest BCUT2D eigenvalue weighted by atomic mass is 10.1. The van der Waals surface area contributed by atoms with Crippen LogP contribution in [0.2, 0.25) is 0 Å². The summed E-state index contributed by atoms with van der Waals surface area (Å²) in [6.07, 6.45) is 2.38. The molecule has 0 spiro atoms. The van der Waals surface area contributed by atoms with Crippen molar-refractivity contribution in [2.75, 3.05) is 12.4 Å². The van der Waals surface area contributed by atoms with E-state index in [4.69, 9.17) is 0 Å². The number of H-pyrrole nitrogens is 1. The van der Waals surface area contributed by atoms with Crippen molar-refractivity contribution in [1.29, 1.82) is 0 Å². The van der Waals surface area contributed by atoms with Crippen molar-refractivity contribution in [3.8, 4) is 0 Å². The van der Waals surface area contributed by atoms with Crippen molar-refractivity contribution in [2.24, 2.45) is 0 Å². The Balaban J connectivity index is 2.00. The molecule has 0 fully saturated rings. The average molecular weight is 341 g/mol. The van der Waals surface area contributed by atoms with Crippen LogP contribution in [0.1, 0.15) is 25.3 Å². The molecule has 0 saturated carbocycles. The third-order valence-electron chi connectivity index (χ3n) is 4.31. The van der Waals surface area contributed by atoms with Gasteiger partial charge in [0.05, 0.1) is 0 Å². The van der Waals surface area contributed by atoms with Gasteiger partial charge in [0.15, 0.2) is 5.65 Å². The first-order valence-electron chi connectivity index (χ1n) is 8.60. The molecular formula is C18H23N5O2. The first-order chi connectivity index (χ1) is 12.2. The Kier molecular flexibility index (Phi) is 5.02. The quantitative estimate of drug-likeness (QED) is 0.688. The minimum Gasteiger partial charge on any atom is -0.373 e. The van der Waals surface area contributed by atoms with Gasteiger partial charge in [-0.3, -0.25) is 19.0 Å². The standard InChI is InChI=1S/C18H23N5O2/c1-3-11-23-17(24)14-15(19-2)20-21-16(14)22(18(23)25)12-7-10-13-8-5-4-6-9-13/h4-6,8-9H,3,7,10-12H2,1-2H3,(H2,19,20,21). The molecule has 7 heteroatoms. The van der Waals surface area contributed by atoms with E-state index in [1.807, 2.05) is 25.1 Å². The zero-order valence-corrected chi connectivity index (χ0v) is 14.6. The lowest BCUT2D eigenvalue weighted by Crippen LogP contribution is -2.40. The summed E-state index contributed by atoms with van der Waals surface area (Å²) in [5.74, 6) is 0.543. The van der Waals surface area contributed by atoms with E-state index in [0.717, 1.165) is 19.3 Å². The molecule has 2 aromatic heterocycles. The van der Waals surface area contributed by atoms with Crippen molar-refractivity contribution < 1.29 is 0 Å². The van der Waals surface area contributed by atoms with Crippen LogP contribution in [-0.2, 0) is 19.5 Å². The Hall–Kier alpha value is -2.83. The van der Waals surface area contributed by atoms with Gasteiger partial charge in [-0.05, 0) is 24.8 Å². The van der Waals surface area contributed by atoms with Crippen molar-refractivity contribution >= 4 is 16.9 Å². The lowest BCUT2D eigenvalue weighted by molar-refractivity contribution is 0.546. The summed E-state index contributed by atoms with van der Waals surface area (Å²) in [5, 5.41) is 10.4. The predicted molar refractivity (Wildman–Crippen MR) is 99.2 cm³/mol. The minimum atomic E-state index is -0.292. The first kappa shape index (κ1) is 17.0. The number of aryl methyl sites for hydroxylation is 2. The summed E-state index contributed by atoms with van der Waals surface area (Å²) in [7, 11) is 1.72. The lowest BCUT2D eigenvalue weighted by Gasteiger charge is -2.11. The largest absolute Gasteiger partial charge is 0.373 e. The van der Waals surface area contributed by atoms with Gasteiger partial charge in [-0.15, -0.1) is 0 Å². The van der Waals surface area contributed by atoms with Gasteiger partial charge in [0.2, 0.25) is 0 Å². The van der Waals surface area contributed by atoms with Gasteiger partial charge in [0.25, 0.3) is 5.56 Å². The molecule has 1 aromatic carbocycles. The maximum absolute atomic E-state index is 12.8. The van der Waals surface area contributed by atoms with Crippen LogP contribution in [0.3, 0.4) is 0 Å². The molecule has 2 N–H and O–H groups in total. The van der Waals surface area contributed by atoms with Crippen molar-refractivity contribution in [2.45, 2.75) is 39.3 Å². The van der Waals surface area contributed by atoms with Gasteiger partial charge in [0.1, 0.15) is 11.2 Å². The zero-order chi connectivity index (χ0) is 17.8. The molecule has 0 bridgehead atoms. The fourth-order valence-corrected chi connectivity index (χ4v) is 3.08. The Morgan fingerprint density at radius 1 is 1.12 bits per heavy atom. The smallest absolute Gasteiger partial charge is 0.332 e. The van der Waals surface area contributed by atoms with Crippen molar-refractivity contribution in [3.63, 3.8) is 0 Å². The average Bonchev–Trinajstić information content (AvgIpc) is 3.06.